The molecule has 1 heterocycles. The Morgan fingerprint density at radius 2 is 1.66 bits per heavy atom. The van der Waals surface area contributed by atoms with Crippen molar-refractivity contribution in [2.75, 3.05) is 32.0 Å². The molecule has 3 amide bonds. The van der Waals surface area contributed by atoms with Gasteiger partial charge in [0.15, 0.2) is 0 Å². The third-order valence-corrected chi connectivity index (χ3v) is 5.04. The van der Waals surface area contributed by atoms with Crippen LogP contribution in [0.5, 0.6) is 0 Å². The van der Waals surface area contributed by atoms with Crippen molar-refractivity contribution in [3.63, 3.8) is 0 Å². The monoisotopic (exact) mass is 397 g/mol. The molecule has 0 unspecified atom stereocenters. The summed E-state index contributed by atoms with van der Waals surface area (Å²) in [4.78, 5) is 40.4. The second kappa shape index (κ2) is 9.32. The number of nitrogens with one attached hydrogen (secondary N) is 1. The number of anilines is 1. The maximum atomic E-state index is 13.0. The highest BCUT2D eigenvalue weighted by Gasteiger charge is 2.30. The lowest BCUT2D eigenvalue weighted by Crippen LogP contribution is -2.45. The number of carbonyl (C=O) groups excluding carboxylic acids is 3. The van der Waals surface area contributed by atoms with Gasteiger partial charge in [-0.2, -0.15) is 0 Å². The van der Waals surface area contributed by atoms with Crippen LogP contribution in [0.2, 0.25) is 0 Å². The van der Waals surface area contributed by atoms with Crippen LogP contribution in [0.4, 0.5) is 10.1 Å². The van der Waals surface area contributed by atoms with E-state index in [0.717, 1.165) is 0 Å². The second-order valence-corrected chi connectivity index (χ2v) is 7.18. The molecule has 0 spiro atoms. The summed E-state index contributed by atoms with van der Waals surface area (Å²) in [6, 6.07) is 14.5. The van der Waals surface area contributed by atoms with Crippen LogP contribution in [0.25, 0.3) is 0 Å². The summed E-state index contributed by atoms with van der Waals surface area (Å²) in [5.74, 6) is -1.11. The Hall–Kier alpha value is -3.22. The van der Waals surface area contributed by atoms with Gasteiger partial charge in [-0.3, -0.25) is 14.4 Å². The van der Waals surface area contributed by atoms with E-state index in [9.17, 15) is 18.8 Å². The average Bonchev–Trinajstić information content (AvgIpc) is 2.74. The molecule has 1 N–H and O–H groups in total. The third-order valence-electron chi connectivity index (χ3n) is 5.04. The van der Waals surface area contributed by atoms with E-state index in [1.165, 1.54) is 29.2 Å². The molecule has 29 heavy (non-hydrogen) atoms. The Kier molecular flexibility index (Phi) is 6.59. The van der Waals surface area contributed by atoms with Crippen LogP contribution >= 0.6 is 0 Å². The molecule has 6 nitrogen and oxygen atoms in total. The Bertz CT molecular complexity index is 863. The van der Waals surface area contributed by atoms with Crippen molar-refractivity contribution in [3.05, 3.63) is 66.0 Å². The Morgan fingerprint density at radius 3 is 2.28 bits per heavy atom. The lowest BCUT2D eigenvalue weighted by atomic mass is 9.95. The van der Waals surface area contributed by atoms with Crippen LogP contribution < -0.4 is 5.32 Å². The molecule has 0 atom stereocenters. The molecule has 0 aliphatic carbocycles. The summed E-state index contributed by atoms with van der Waals surface area (Å²) in [5.41, 5.74) is 1.12. The van der Waals surface area contributed by atoms with E-state index in [-0.39, 0.29) is 36.0 Å². The van der Waals surface area contributed by atoms with Gasteiger partial charge in [0, 0.05) is 37.3 Å². The maximum Gasteiger partial charge on any atom is 0.253 e. The van der Waals surface area contributed by atoms with Crippen molar-refractivity contribution in [3.8, 4) is 0 Å². The molecule has 1 fully saturated rings. The summed E-state index contributed by atoms with van der Waals surface area (Å²) in [7, 11) is 1.61. The molecule has 0 saturated carbocycles. The molecule has 1 aliphatic heterocycles. The number of para-hydroxylation sites is 1. The van der Waals surface area contributed by atoms with Crippen molar-refractivity contribution in [2.24, 2.45) is 5.92 Å². The van der Waals surface area contributed by atoms with Crippen LogP contribution in [0.1, 0.15) is 23.2 Å². The fraction of sp³-hybridized carbons (Fsp3) is 0.318. The number of likely N-dealkylation sites (tertiary alicyclic amines) is 1. The minimum Gasteiger partial charge on any atom is -0.339 e. The fourth-order valence-corrected chi connectivity index (χ4v) is 3.43. The minimum absolute atomic E-state index is 0.0253. The van der Waals surface area contributed by atoms with E-state index in [4.69, 9.17) is 0 Å². The molecule has 2 aromatic rings. The summed E-state index contributed by atoms with van der Waals surface area (Å²) in [6.45, 7) is 0.885. The Morgan fingerprint density at radius 1 is 1.03 bits per heavy atom. The Balaban J connectivity index is 1.48. The number of carbonyl (C=O) groups is 3. The maximum absolute atomic E-state index is 13.0. The third kappa shape index (κ3) is 5.40. The zero-order chi connectivity index (χ0) is 20.8. The summed E-state index contributed by atoms with van der Waals surface area (Å²) in [6.07, 6.45) is 1.08. The highest BCUT2D eigenvalue weighted by Crippen LogP contribution is 2.21. The predicted molar refractivity (Wildman–Crippen MR) is 108 cm³/mol. The molecular weight excluding hydrogens is 373 g/mol. The first-order chi connectivity index (χ1) is 13.9. The number of rotatable bonds is 5. The largest absolute Gasteiger partial charge is 0.339 e. The van der Waals surface area contributed by atoms with Gasteiger partial charge >= 0.3 is 0 Å². The minimum atomic E-state index is -0.384. The first kappa shape index (κ1) is 20.5. The zero-order valence-corrected chi connectivity index (χ0v) is 16.3. The summed E-state index contributed by atoms with van der Waals surface area (Å²) in [5, 5.41) is 2.76. The number of piperidine rings is 1. The zero-order valence-electron chi connectivity index (χ0n) is 16.3. The van der Waals surface area contributed by atoms with Gasteiger partial charge in [0.05, 0.1) is 6.54 Å². The predicted octanol–water partition coefficient (Wildman–Crippen LogP) is 2.78. The highest BCUT2D eigenvalue weighted by molar-refractivity contribution is 5.95. The van der Waals surface area contributed by atoms with E-state index in [1.54, 1.807) is 24.1 Å². The molecule has 7 heteroatoms. The fourth-order valence-electron chi connectivity index (χ4n) is 3.43. The topological polar surface area (TPSA) is 69.7 Å². The van der Waals surface area contributed by atoms with Gasteiger partial charge in [-0.15, -0.1) is 0 Å². The number of likely N-dealkylation sites (N-methyl/N-ethyl adjacent to an activating group) is 1. The van der Waals surface area contributed by atoms with Gasteiger partial charge in [-0.1, -0.05) is 18.2 Å². The van der Waals surface area contributed by atoms with Gasteiger partial charge in [0.2, 0.25) is 11.8 Å². The van der Waals surface area contributed by atoms with Crippen LogP contribution in [0.15, 0.2) is 54.6 Å². The molecule has 0 aromatic heterocycles. The van der Waals surface area contributed by atoms with Gasteiger partial charge in [-0.05, 0) is 49.2 Å². The van der Waals surface area contributed by atoms with E-state index >= 15 is 0 Å². The van der Waals surface area contributed by atoms with Crippen molar-refractivity contribution >= 4 is 23.4 Å². The smallest absolute Gasteiger partial charge is 0.253 e. The van der Waals surface area contributed by atoms with Crippen LogP contribution in [-0.4, -0.2) is 54.2 Å². The van der Waals surface area contributed by atoms with Crippen LogP contribution in [0.3, 0.4) is 0 Å². The standard InChI is InChI=1S/C22H24FN3O3/c1-25(15-20(27)24-19-5-3-2-4-6-19)21(28)17-11-13-26(14-12-17)22(29)16-7-9-18(23)10-8-16/h2-10,17H,11-15H2,1H3,(H,24,27). The summed E-state index contributed by atoms with van der Waals surface area (Å²) >= 11 is 0. The van der Waals surface area contributed by atoms with Crippen LogP contribution in [0, 0.1) is 11.7 Å². The van der Waals surface area contributed by atoms with Gasteiger partial charge in [0.25, 0.3) is 5.91 Å². The number of hydrogen-bond acceptors (Lipinski definition) is 3. The first-order valence-electron chi connectivity index (χ1n) is 9.59. The average molecular weight is 397 g/mol. The number of nitrogens with zero attached hydrogens (tertiary/aromatic N) is 2. The van der Waals surface area contributed by atoms with Crippen molar-refractivity contribution in [1.82, 2.24) is 9.80 Å². The van der Waals surface area contributed by atoms with Gasteiger partial charge in [-0.25, -0.2) is 4.39 Å². The van der Waals surface area contributed by atoms with E-state index < -0.39 is 0 Å². The first-order valence-corrected chi connectivity index (χ1v) is 9.59. The lowest BCUT2D eigenvalue weighted by Gasteiger charge is -2.33. The molecular formula is C22H24FN3O3. The van der Waals surface area contributed by atoms with E-state index in [1.807, 2.05) is 18.2 Å². The van der Waals surface area contributed by atoms with Crippen molar-refractivity contribution in [2.45, 2.75) is 12.8 Å². The van der Waals surface area contributed by atoms with E-state index in [0.29, 0.717) is 37.2 Å². The van der Waals surface area contributed by atoms with Crippen LogP contribution in [-0.2, 0) is 9.59 Å². The molecule has 1 saturated heterocycles. The van der Waals surface area contributed by atoms with Crippen molar-refractivity contribution in [1.29, 1.82) is 0 Å². The number of hydrogen-bond donors (Lipinski definition) is 1. The second-order valence-electron chi connectivity index (χ2n) is 7.18. The van der Waals surface area contributed by atoms with Gasteiger partial charge in [0.1, 0.15) is 5.82 Å². The quantitative estimate of drug-likeness (QED) is 0.844. The lowest BCUT2D eigenvalue weighted by molar-refractivity contribution is -0.138. The SMILES string of the molecule is CN(CC(=O)Nc1ccccc1)C(=O)C1CCN(C(=O)c2ccc(F)cc2)CC1. The molecule has 3 rings (SSSR count). The molecule has 0 radical (unpaired) electrons. The number of halogens is 1. The molecule has 152 valence electrons. The van der Waals surface area contributed by atoms with Gasteiger partial charge < -0.3 is 15.1 Å². The molecule has 0 bridgehead atoms. The summed E-state index contributed by atoms with van der Waals surface area (Å²) < 4.78 is 13.0. The number of amides is 3. The van der Waals surface area contributed by atoms with E-state index in [2.05, 4.69) is 5.32 Å². The highest BCUT2D eigenvalue weighted by atomic mass is 19.1. The molecule has 1 aliphatic rings. The van der Waals surface area contributed by atoms with Crippen molar-refractivity contribution < 1.29 is 18.8 Å². The Labute approximate surface area is 169 Å². The number of benzene rings is 2. The molecule has 2 aromatic carbocycles. The normalized spacial score (nSPS) is 14.3.